The summed E-state index contributed by atoms with van der Waals surface area (Å²) in [6.45, 7) is 8.65. The molecule has 2 aromatic carbocycles. The highest BCUT2D eigenvalue weighted by atomic mass is 32.1. The Morgan fingerprint density at radius 1 is 0.628 bits per heavy atom. The van der Waals surface area contributed by atoms with Crippen molar-refractivity contribution in [3.63, 3.8) is 0 Å². The number of rotatable bonds is 17. The minimum absolute atomic E-state index is 0. The molecule has 4 fully saturated rings. The summed E-state index contributed by atoms with van der Waals surface area (Å²) >= 11 is 2.39. The fourth-order valence-corrected chi connectivity index (χ4v) is 13.9. The zero-order valence-electron chi connectivity index (χ0n) is 46.7. The lowest BCUT2D eigenvalue weighted by Gasteiger charge is -2.29. The number of ether oxygens (including phenoxy) is 6. The van der Waals surface area contributed by atoms with Crippen molar-refractivity contribution in [2.45, 2.75) is 124 Å². The van der Waals surface area contributed by atoms with Crippen LogP contribution < -0.4 is 37.3 Å². The summed E-state index contributed by atoms with van der Waals surface area (Å²) in [6.07, 6.45) is 7.23. The molecule has 2 amide bonds. The van der Waals surface area contributed by atoms with Gasteiger partial charge in [-0.25, -0.2) is 27.5 Å². The first-order chi connectivity index (χ1) is 40.7. The quantitative estimate of drug-likeness (QED) is 0.102. The minimum Gasteiger partial charge on any atom is -0.496 e. The van der Waals surface area contributed by atoms with Gasteiger partial charge in [-0.3, -0.25) is 28.3 Å². The summed E-state index contributed by atoms with van der Waals surface area (Å²) in [4.78, 5) is 87.7. The number of fused-ring (bicyclic) bond motifs is 2. The van der Waals surface area contributed by atoms with Crippen LogP contribution in [0.25, 0.3) is 30.4 Å². The van der Waals surface area contributed by atoms with Crippen LogP contribution in [0.4, 0.5) is 8.78 Å². The van der Waals surface area contributed by atoms with E-state index < -0.39 is 64.3 Å². The van der Waals surface area contributed by atoms with Crippen LogP contribution in [-0.2, 0) is 41.6 Å². The number of amides is 2. The van der Waals surface area contributed by atoms with Crippen molar-refractivity contribution in [1.29, 1.82) is 0 Å². The van der Waals surface area contributed by atoms with Crippen molar-refractivity contribution in [3.8, 4) is 21.5 Å². The molecule has 460 valence electrons. The topological polar surface area (TPSA) is 254 Å². The molecule has 0 saturated carbocycles. The first-order valence-corrected chi connectivity index (χ1v) is 29.3. The molecule has 0 unspecified atom stereocenters. The number of benzene rings is 2. The van der Waals surface area contributed by atoms with Gasteiger partial charge in [-0.05, 0) is 95.7 Å². The molecular formula is C58H70F2N12O12S2. The average Bonchev–Trinajstić information content (AvgIpc) is 3.13. The molecular weight excluding hydrogens is 1160 g/mol. The molecule has 24 nitrogen and oxygen atoms in total. The Labute approximate surface area is 500 Å². The van der Waals surface area contributed by atoms with Crippen LogP contribution in [0.3, 0.4) is 0 Å². The van der Waals surface area contributed by atoms with E-state index >= 15 is 0 Å². The van der Waals surface area contributed by atoms with E-state index in [1.165, 1.54) is 117 Å². The van der Waals surface area contributed by atoms with Gasteiger partial charge in [0.15, 0.2) is 0 Å². The molecule has 0 bridgehead atoms. The Morgan fingerprint density at radius 2 is 1.06 bits per heavy atom. The van der Waals surface area contributed by atoms with Crippen molar-refractivity contribution in [1.82, 2.24) is 58.5 Å². The number of aryl methyl sites for hydroxylation is 2. The third-order valence-electron chi connectivity index (χ3n) is 15.8. The maximum Gasteiger partial charge on any atom is 0.332 e. The lowest BCUT2D eigenvalue weighted by Crippen LogP contribution is -2.45. The maximum absolute atomic E-state index is 14.6. The first-order valence-electron chi connectivity index (χ1n) is 27.7. The van der Waals surface area contributed by atoms with Gasteiger partial charge in [0.2, 0.25) is 11.8 Å². The molecule has 1 N–H and O–H groups in total. The summed E-state index contributed by atoms with van der Waals surface area (Å²) in [6, 6.07) is 6.44. The fourth-order valence-electron chi connectivity index (χ4n) is 11.5. The number of nitrogens with one attached hydrogen (secondary N) is 1. The molecule has 6 aromatic heterocycles. The smallest absolute Gasteiger partial charge is 0.332 e. The average molecular weight is 1230 g/mol. The number of aromatic nitrogens is 10. The number of likely N-dealkylation sites (N-methyl/N-ethyl adjacent to an activating group) is 1. The maximum atomic E-state index is 14.6. The normalized spacial score (nSPS) is 18.2. The molecule has 10 heterocycles. The van der Waals surface area contributed by atoms with Gasteiger partial charge in [0.1, 0.15) is 67.1 Å². The number of carbonyl (C=O) groups is 2. The van der Waals surface area contributed by atoms with E-state index in [2.05, 4.69) is 25.7 Å². The van der Waals surface area contributed by atoms with Gasteiger partial charge in [-0.1, -0.05) is 37.5 Å². The summed E-state index contributed by atoms with van der Waals surface area (Å²) in [5.74, 6) is -0.806. The number of likely N-dealkylation sites (tertiary alicyclic amines) is 1. The molecule has 4 atom stereocenters. The Balaban J connectivity index is 0.000000201. The van der Waals surface area contributed by atoms with Gasteiger partial charge >= 0.3 is 11.4 Å². The molecule has 4 aliphatic rings. The lowest BCUT2D eigenvalue weighted by atomic mass is 10.1. The second kappa shape index (κ2) is 26.9. The molecule has 0 radical (unpaired) electrons. The van der Waals surface area contributed by atoms with Crippen molar-refractivity contribution in [2.24, 2.45) is 0 Å². The Morgan fingerprint density at radius 3 is 1.44 bits per heavy atom. The zero-order chi connectivity index (χ0) is 58.9. The first kappa shape index (κ1) is 62.8. The fraction of sp³-hybridized carbons (Fsp3) is 0.483. The van der Waals surface area contributed by atoms with E-state index in [-0.39, 0.29) is 51.4 Å². The van der Waals surface area contributed by atoms with Gasteiger partial charge in [0.25, 0.3) is 11.1 Å². The summed E-state index contributed by atoms with van der Waals surface area (Å²) < 4.78 is 69.4. The summed E-state index contributed by atoms with van der Waals surface area (Å²) in [7, 11) is 2.97. The van der Waals surface area contributed by atoms with E-state index in [0.717, 1.165) is 9.13 Å². The van der Waals surface area contributed by atoms with E-state index in [1.807, 2.05) is 6.92 Å². The number of carbonyl (C=O) groups excluding carboxylic acids is 2. The van der Waals surface area contributed by atoms with Crippen LogP contribution >= 0.6 is 22.7 Å². The number of hydrogen-bond acceptors (Lipinski definition) is 18. The van der Waals surface area contributed by atoms with Gasteiger partial charge in [0, 0.05) is 68.3 Å². The highest BCUT2D eigenvalue weighted by Crippen LogP contribution is 2.38. The summed E-state index contributed by atoms with van der Waals surface area (Å²) in [5.41, 5.74) is -0.344. The number of halogens is 2. The van der Waals surface area contributed by atoms with Crippen molar-refractivity contribution in [3.05, 3.63) is 137 Å². The van der Waals surface area contributed by atoms with Crippen LogP contribution in [0.15, 0.2) is 80.4 Å². The van der Waals surface area contributed by atoms with Crippen molar-refractivity contribution >= 4 is 54.9 Å². The molecule has 4 aliphatic heterocycles. The molecule has 28 heteroatoms. The Hall–Kier alpha value is -7.76. The minimum atomic E-state index is -0.949. The number of methoxy groups -OCH3 is 2. The largest absolute Gasteiger partial charge is 0.496 e. The highest BCUT2D eigenvalue weighted by molar-refractivity contribution is 7.21. The van der Waals surface area contributed by atoms with Crippen molar-refractivity contribution in [2.75, 3.05) is 60.3 Å². The predicted molar refractivity (Wildman–Crippen MR) is 317 cm³/mol. The lowest BCUT2D eigenvalue weighted by molar-refractivity contribution is -0.130. The van der Waals surface area contributed by atoms with E-state index in [0.29, 0.717) is 143 Å². The summed E-state index contributed by atoms with van der Waals surface area (Å²) in [5, 5.41) is 21.3. The number of nitrogens with zero attached hydrogens (tertiary/aromatic N) is 11. The van der Waals surface area contributed by atoms with Crippen LogP contribution in [0.1, 0.15) is 107 Å². The zero-order valence-corrected chi connectivity index (χ0v) is 48.4. The van der Waals surface area contributed by atoms with Gasteiger partial charge in [-0.2, -0.15) is 20.4 Å². The Bertz CT molecular complexity index is 3980. The molecule has 86 heavy (non-hydrogen) atoms. The number of thiophene rings is 2. The molecule has 12 rings (SSSR count). The van der Waals surface area contributed by atoms with Gasteiger partial charge in [-0.15, -0.1) is 9.59 Å². The molecule has 0 spiro atoms. The third-order valence-corrected chi connectivity index (χ3v) is 18.3. The van der Waals surface area contributed by atoms with Gasteiger partial charge in [0.05, 0.1) is 75.1 Å². The number of hydrogen-bond donors (Lipinski definition) is 1. The highest BCUT2D eigenvalue weighted by Gasteiger charge is 2.38. The van der Waals surface area contributed by atoms with Crippen LogP contribution in [0, 0.1) is 25.5 Å². The van der Waals surface area contributed by atoms with Crippen LogP contribution in [0.5, 0.6) is 11.5 Å². The second-order valence-electron chi connectivity index (χ2n) is 20.7. The standard InChI is InChI=1S/C29H33FN6O6S.C27H29FN6O6S.2CH4/c1-4-33-12-7-21(25(33)37)35-26(38)24-17(2)27(36-31-10-11-32-36)43-28(24)34(29(35)39)16-23(42-19-8-13-41-14-9-19)20-15-18(30)5-6-22(20)40-3;1-15-22-24(36)33(19-5-8-29-23(19)35)27(37)32(26(22)41-25(15)34-30-9-10-31-34)14-21(40-17-6-11-39-12-7-17)18-13-16(28)3-4-20(18)38-2;;/h5-6,10-11,15,19,21,23H,4,7-9,12-14,16H2,1-3H3;3-4,9-10,13,17,19,21H,5-8,11-12,14H2,1-2H3,(H,29,35);2*1H4/t21-,23+;19-,21+;;/m11../s1. The van der Waals surface area contributed by atoms with Crippen LogP contribution in [-0.4, -0.2) is 137 Å². The second-order valence-corrected chi connectivity index (χ2v) is 22.6. The van der Waals surface area contributed by atoms with Crippen molar-refractivity contribution < 1.29 is 46.8 Å². The Kier molecular flexibility index (Phi) is 19.6. The monoisotopic (exact) mass is 1230 g/mol. The van der Waals surface area contributed by atoms with E-state index in [4.69, 9.17) is 28.4 Å². The third kappa shape index (κ3) is 12.1. The van der Waals surface area contributed by atoms with E-state index in [1.54, 1.807) is 18.7 Å². The predicted octanol–water partition coefficient (Wildman–Crippen LogP) is 6.52. The van der Waals surface area contributed by atoms with Gasteiger partial charge < -0.3 is 38.6 Å². The molecule has 8 aromatic rings. The van der Waals surface area contributed by atoms with E-state index in [9.17, 15) is 37.5 Å². The SMILES string of the molecule is C.C.CCN1CC[C@@H](n2c(=O)c3c(C)c(-n4nccn4)sc3n(C[C@H](OC3CCOCC3)c3cc(F)ccc3OC)c2=O)C1=O.COc1ccc(F)cc1[C@H](Cn1c(=O)n([C@@H]2CCNC2=O)c(=O)c2c(C)c(-n3nccn3)sc21)OC1CCOCC1. The molecule has 4 saturated heterocycles. The van der Waals surface area contributed by atoms with Crippen LogP contribution in [0.2, 0.25) is 0 Å². The molecule has 0 aliphatic carbocycles.